The Morgan fingerprint density at radius 2 is 1.85 bits per heavy atom. The van der Waals surface area contributed by atoms with E-state index < -0.39 is 0 Å². The van der Waals surface area contributed by atoms with Gasteiger partial charge in [0.2, 0.25) is 0 Å². The van der Waals surface area contributed by atoms with Crippen molar-refractivity contribution in [2.75, 3.05) is 19.6 Å². The minimum atomic E-state index is 0.225. The normalized spacial score (nSPS) is 16.3. The van der Waals surface area contributed by atoms with Crippen LogP contribution in [0.1, 0.15) is 30.5 Å². The zero-order valence-electron chi connectivity index (χ0n) is 15.1. The van der Waals surface area contributed by atoms with Gasteiger partial charge >= 0.3 is 0 Å². The molecule has 0 unspecified atom stereocenters. The van der Waals surface area contributed by atoms with Gasteiger partial charge in [0, 0.05) is 18.0 Å². The van der Waals surface area contributed by atoms with Gasteiger partial charge in [-0.2, -0.15) is 0 Å². The quantitative estimate of drug-likeness (QED) is 0.715. The van der Waals surface area contributed by atoms with E-state index in [0.29, 0.717) is 5.58 Å². The highest BCUT2D eigenvalue weighted by Crippen LogP contribution is 2.27. The second kappa shape index (κ2) is 7.92. The lowest BCUT2D eigenvalue weighted by atomic mass is 9.91. The van der Waals surface area contributed by atoms with Gasteiger partial charge in [-0.25, -0.2) is 0 Å². The minimum Gasteiger partial charge on any atom is -0.508 e. The van der Waals surface area contributed by atoms with Crippen LogP contribution >= 0.6 is 0 Å². The Bertz CT molecular complexity index is 836. The SMILES string of the molecule is Oc1ccc2c(CCC3CCN(CCc4ccccc4)CC3)noc2c1. The number of aromatic hydroxyl groups is 1. The van der Waals surface area contributed by atoms with Gasteiger partial charge in [-0.1, -0.05) is 35.5 Å². The molecule has 1 fully saturated rings. The molecule has 1 N–H and O–H groups in total. The summed E-state index contributed by atoms with van der Waals surface area (Å²) in [5.74, 6) is 0.995. The maximum Gasteiger partial charge on any atom is 0.170 e. The van der Waals surface area contributed by atoms with E-state index in [-0.39, 0.29) is 5.75 Å². The first-order valence-electron chi connectivity index (χ1n) is 9.61. The molecule has 0 saturated carbocycles. The van der Waals surface area contributed by atoms with Crippen molar-refractivity contribution in [2.24, 2.45) is 5.92 Å². The molecule has 1 aliphatic rings. The Balaban J connectivity index is 1.23. The van der Waals surface area contributed by atoms with E-state index in [9.17, 15) is 5.11 Å². The minimum absolute atomic E-state index is 0.225. The predicted octanol–water partition coefficient (Wildman–Crippen LogP) is 4.42. The van der Waals surface area contributed by atoms with Crippen molar-refractivity contribution in [2.45, 2.75) is 32.1 Å². The summed E-state index contributed by atoms with van der Waals surface area (Å²) in [6, 6.07) is 16.0. The highest BCUT2D eigenvalue weighted by molar-refractivity contribution is 5.80. The van der Waals surface area contributed by atoms with Gasteiger partial charge < -0.3 is 14.5 Å². The number of aromatic nitrogens is 1. The van der Waals surface area contributed by atoms with Gasteiger partial charge in [0.25, 0.3) is 0 Å². The summed E-state index contributed by atoms with van der Waals surface area (Å²) in [4.78, 5) is 2.60. The molecule has 2 heterocycles. The average molecular weight is 350 g/mol. The molecule has 0 radical (unpaired) electrons. The molecule has 4 nitrogen and oxygen atoms in total. The standard InChI is InChI=1S/C22H26N2O2/c25-19-7-8-20-21(23-26-22(20)16-19)9-6-18-11-14-24(15-12-18)13-10-17-4-2-1-3-5-17/h1-5,7-8,16,18,25H,6,9-15H2. The molecular formula is C22H26N2O2. The van der Waals surface area contributed by atoms with Crippen molar-refractivity contribution >= 4 is 11.0 Å². The summed E-state index contributed by atoms with van der Waals surface area (Å²) < 4.78 is 5.34. The van der Waals surface area contributed by atoms with Crippen molar-refractivity contribution in [3.8, 4) is 5.75 Å². The van der Waals surface area contributed by atoms with Crippen LogP contribution in [0, 0.1) is 5.92 Å². The van der Waals surface area contributed by atoms with E-state index in [1.54, 1.807) is 12.1 Å². The van der Waals surface area contributed by atoms with Gasteiger partial charge in [0.1, 0.15) is 5.75 Å². The first-order chi connectivity index (χ1) is 12.8. The number of fused-ring (bicyclic) bond motifs is 1. The Hall–Kier alpha value is -2.33. The second-order valence-corrected chi connectivity index (χ2v) is 7.37. The summed E-state index contributed by atoms with van der Waals surface area (Å²) in [5.41, 5.74) is 3.13. The molecule has 0 spiro atoms. The lowest BCUT2D eigenvalue weighted by Crippen LogP contribution is -2.35. The summed E-state index contributed by atoms with van der Waals surface area (Å²) in [5, 5.41) is 14.8. The van der Waals surface area contributed by atoms with E-state index in [2.05, 4.69) is 40.4 Å². The molecule has 4 heteroatoms. The fraction of sp³-hybridized carbons (Fsp3) is 0.409. The van der Waals surface area contributed by atoms with Gasteiger partial charge in [0.15, 0.2) is 5.58 Å². The van der Waals surface area contributed by atoms with E-state index >= 15 is 0 Å². The summed E-state index contributed by atoms with van der Waals surface area (Å²) in [6.07, 6.45) is 5.79. The van der Waals surface area contributed by atoms with Crippen molar-refractivity contribution in [3.05, 3.63) is 59.8 Å². The van der Waals surface area contributed by atoms with Crippen molar-refractivity contribution in [1.82, 2.24) is 10.1 Å². The van der Waals surface area contributed by atoms with Crippen LogP contribution in [0.3, 0.4) is 0 Å². The Morgan fingerprint density at radius 1 is 1.04 bits per heavy atom. The number of hydrogen-bond donors (Lipinski definition) is 1. The molecule has 26 heavy (non-hydrogen) atoms. The number of benzene rings is 2. The van der Waals surface area contributed by atoms with Gasteiger partial charge in [0.05, 0.1) is 5.69 Å². The summed E-state index contributed by atoms with van der Waals surface area (Å²) >= 11 is 0. The van der Waals surface area contributed by atoms with Crippen LogP contribution in [0.2, 0.25) is 0 Å². The second-order valence-electron chi connectivity index (χ2n) is 7.37. The number of piperidine rings is 1. The number of hydrogen-bond acceptors (Lipinski definition) is 4. The van der Waals surface area contributed by atoms with Crippen molar-refractivity contribution in [1.29, 1.82) is 0 Å². The van der Waals surface area contributed by atoms with Crippen LogP contribution < -0.4 is 0 Å². The first-order valence-corrected chi connectivity index (χ1v) is 9.61. The van der Waals surface area contributed by atoms with Crippen LogP contribution in [-0.4, -0.2) is 34.8 Å². The highest BCUT2D eigenvalue weighted by Gasteiger charge is 2.20. The molecule has 1 aliphatic heterocycles. The third-order valence-electron chi connectivity index (χ3n) is 5.59. The molecule has 3 aromatic rings. The molecular weight excluding hydrogens is 324 g/mol. The molecule has 0 bridgehead atoms. The number of phenols is 1. The maximum absolute atomic E-state index is 9.52. The van der Waals surface area contributed by atoms with E-state index in [4.69, 9.17) is 4.52 Å². The van der Waals surface area contributed by atoms with Crippen LogP contribution in [0.5, 0.6) is 5.75 Å². The van der Waals surface area contributed by atoms with Gasteiger partial charge in [-0.3, -0.25) is 0 Å². The van der Waals surface area contributed by atoms with E-state index in [0.717, 1.165) is 42.8 Å². The monoisotopic (exact) mass is 350 g/mol. The fourth-order valence-corrected chi connectivity index (χ4v) is 3.93. The lowest BCUT2D eigenvalue weighted by molar-refractivity contribution is 0.180. The Labute approximate surface area is 154 Å². The average Bonchev–Trinajstić information content (AvgIpc) is 3.08. The molecule has 136 valence electrons. The van der Waals surface area contributed by atoms with Crippen LogP contribution in [0.15, 0.2) is 53.1 Å². The Morgan fingerprint density at radius 3 is 2.65 bits per heavy atom. The number of aryl methyl sites for hydroxylation is 1. The first kappa shape index (κ1) is 17.1. The lowest BCUT2D eigenvalue weighted by Gasteiger charge is -2.31. The largest absolute Gasteiger partial charge is 0.508 e. The zero-order chi connectivity index (χ0) is 17.8. The van der Waals surface area contributed by atoms with Crippen LogP contribution in [0.4, 0.5) is 0 Å². The molecule has 2 aromatic carbocycles. The fourth-order valence-electron chi connectivity index (χ4n) is 3.93. The number of phenolic OH excluding ortho intramolecular Hbond substituents is 1. The smallest absolute Gasteiger partial charge is 0.170 e. The van der Waals surface area contributed by atoms with E-state index in [1.807, 2.05) is 6.07 Å². The molecule has 1 aromatic heterocycles. The third kappa shape index (κ3) is 4.07. The van der Waals surface area contributed by atoms with Crippen LogP contribution in [-0.2, 0) is 12.8 Å². The zero-order valence-corrected chi connectivity index (χ0v) is 15.1. The molecule has 1 saturated heterocycles. The maximum atomic E-state index is 9.52. The topological polar surface area (TPSA) is 49.5 Å². The van der Waals surface area contributed by atoms with Crippen molar-refractivity contribution in [3.63, 3.8) is 0 Å². The van der Waals surface area contributed by atoms with Gasteiger partial charge in [-0.05, 0) is 68.8 Å². The van der Waals surface area contributed by atoms with Crippen molar-refractivity contribution < 1.29 is 9.63 Å². The molecule has 0 aliphatic carbocycles. The molecule has 4 rings (SSSR count). The number of nitrogens with zero attached hydrogens (tertiary/aromatic N) is 2. The van der Waals surface area contributed by atoms with E-state index in [1.165, 1.54) is 31.5 Å². The summed E-state index contributed by atoms with van der Waals surface area (Å²) in [6.45, 7) is 3.56. The number of likely N-dealkylation sites (tertiary alicyclic amines) is 1. The third-order valence-corrected chi connectivity index (χ3v) is 5.59. The predicted molar refractivity (Wildman–Crippen MR) is 103 cm³/mol. The summed E-state index contributed by atoms with van der Waals surface area (Å²) in [7, 11) is 0. The number of rotatable bonds is 6. The molecule has 0 atom stereocenters. The highest BCUT2D eigenvalue weighted by atomic mass is 16.5. The van der Waals surface area contributed by atoms with Crippen LogP contribution in [0.25, 0.3) is 11.0 Å². The van der Waals surface area contributed by atoms with Gasteiger partial charge in [-0.15, -0.1) is 0 Å². The molecule has 0 amide bonds. The Kier molecular flexibility index (Phi) is 5.21.